The fourth-order valence-corrected chi connectivity index (χ4v) is 14.3. The first kappa shape index (κ1) is 39.6. The number of benzene rings is 10. The maximum atomic E-state index is 2.54. The molecule has 11 aromatic rings. The van der Waals surface area contributed by atoms with Crippen molar-refractivity contribution >= 4 is 59.3 Å². The van der Waals surface area contributed by atoms with Gasteiger partial charge >= 0.3 is 0 Å². The van der Waals surface area contributed by atoms with Crippen molar-refractivity contribution in [1.82, 2.24) is 0 Å². The van der Waals surface area contributed by atoms with Gasteiger partial charge in [0.1, 0.15) is 0 Å². The number of anilines is 3. The second-order valence-electron chi connectivity index (χ2n) is 19.9. The molecule has 3 aliphatic rings. The zero-order valence-corrected chi connectivity index (χ0v) is 39.2. The van der Waals surface area contributed by atoms with E-state index in [9.17, 15) is 0 Å². The second-order valence-corrected chi connectivity index (χ2v) is 20.9. The Kier molecular flexibility index (Phi) is 8.74. The summed E-state index contributed by atoms with van der Waals surface area (Å²) in [6.07, 6.45) is 4.95. The molecule has 1 fully saturated rings. The molecule has 0 radical (unpaired) electrons. The van der Waals surface area contributed by atoms with E-state index in [0.29, 0.717) is 0 Å². The zero-order valence-electron chi connectivity index (χ0n) is 38.4. The second kappa shape index (κ2) is 15.0. The number of fused-ring (bicyclic) bond motifs is 13. The molecule has 3 aliphatic carbocycles. The van der Waals surface area contributed by atoms with Gasteiger partial charge in [-0.25, -0.2) is 0 Å². The molecule has 68 heavy (non-hydrogen) atoms. The topological polar surface area (TPSA) is 3.24 Å². The van der Waals surface area contributed by atoms with Gasteiger partial charge in [0.2, 0.25) is 0 Å². The van der Waals surface area contributed by atoms with Gasteiger partial charge in [0.25, 0.3) is 0 Å². The Morgan fingerprint density at radius 1 is 0.368 bits per heavy atom. The molecule has 324 valence electrons. The van der Waals surface area contributed by atoms with Gasteiger partial charge in [0.05, 0.1) is 0 Å². The number of rotatable bonds is 6. The predicted molar refractivity (Wildman–Crippen MR) is 290 cm³/mol. The van der Waals surface area contributed by atoms with E-state index in [0.717, 1.165) is 11.4 Å². The Morgan fingerprint density at radius 3 is 1.63 bits per heavy atom. The largest absolute Gasteiger partial charge is 0.310 e. The molecule has 0 amide bonds. The smallest absolute Gasteiger partial charge is 0.0465 e. The minimum Gasteiger partial charge on any atom is -0.310 e. The van der Waals surface area contributed by atoms with E-state index < -0.39 is 0 Å². The molecule has 0 aliphatic heterocycles. The first-order valence-electron chi connectivity index (χ1n) is 24.4. The van der Waals surface area contributed by atoms with Gasteiger partial charge in [-0.1, -0.05) is 203 Å². The molecule has 1 nitrogen and oxygen atoms in total. The number of hydrogen-bond acceptors (Lipinski definition) is 2. The van der Waals surface area contributed by atoms with Crippen molar-refractivity contribution in [1.29, 1.82) is 0 Å². The Hall–Kier alpha value is -7.52. The number of thiophene rings is 1. The quantitative estimate of drug-likeness (QED) is 0.161. The fourth-order valence-electron chi connectivity index (χ4n) is 12.9. The molecule has 0 N–H and O–H groups in total. The molecule has 0 atom stereocenters. The van der Waals surface area contributed by atoms with E-state index in [1.165, 1.54) is 140 Å². The average molecular weight is 888 g/mol. The van der Waals surface area contributed by atoms with Crippen LogP contribution in [0.15, 0.2) is 212 Å². The van der Waals surface area contributed by atoms with Crippen LogP contribution in [0.25, 0.3) is 86.6 Å². The van der Waals surface area contributed by atoms with Crippen molar-refractivity contribution < 1.29 is 0 Å². The summed E-state index contributed by atoms with van der Waals surface area (Å²) < 4.78 is 2.70. The molecule has 1 aromatic heterocycles. The average Bonchev–Trinajstić information content (AvgIpc) is 4.16. The monoisotopic (exact) mass is 887 g/mol. The molecule has 14 rings (SSSR count). The lowest BCUT2D eigenvalue weighted by Crippen LogP contribution is -2.21. The van der Waals surface area contributed by atoms with Crippen LogP contribution in [0, 0.1) is 0 Å². The van der Waals surface area contributed by atoms with Crippen LogP contribution < -0.4 is 4.90 Å². The SMILES string of the molecule is CC1(C)c2ccccc2-c2cccc(-c3ccccc3-c3ccc(N(c4ccc(-c5cccc6c5sc5c7ccccc7ccc65)cc4)c4ccc5c(c4)C4(CCCC4)c4ccccc4-5)cc3)c21. The molecule has 1 spiro atoms. The summed E-state index contributed by atoms with van der Waals surface area (Å²) in [6.45, 7) is 4.77. The Bertz CT molecular complexity index is 3820. The van der Waals surface area contributed by atoms with Gasteiger partial charge < -0.3 is 4.90 Å². The first-order valence-corrected chi connectivity index (χ1v) is 25.2. The van der Waals surface area contributed by atoms with Crippen LogP contribution in [0.2, 0.25) is 0 Å². The summed E-state index contributed by atoms with van der Waals surface area (Å²) >= 11 is 1.92. The third kappa shape index (κ3) is 5.74. The lowest BCUT2D eigenvalue weighted by Gasteiger charge is -2.30. The van der Waals surface area contributed by atoms with Crippen molar-refractivity contribution in [3.05, 3.63) is 235 Å². The molecule has 0 saturated heterocycles. The fraction of sp³-hybridized carbons (Fsp3) is 0.121. The highest BCUT2D eigenvalue weighted by molar-refractivity contribution is 7.27. The Labute approximate surface area is 402 Å². The summed E-state index contributed by atoms with van der Waals surface area (Å²) in [5.74, 6) is 0. The number of hydrogen-bond donors (Lipinski definition) is 0. The van der Waals surface area contributed by atoms with Crippen LogP contribution in [-0.4, -0.2) is 0 Å². The van der Waals surface area contributed by atoms with Gasteiger partial charge in [0.15, 0.2) is 0 Å². The highest BCUT2D eigenvalue weighted by atomic mass is 32.1. The van der Waals surface area contributed by atoms with E-state index in [1.807, 2.05) is 11.3 Å². The van der Waals surface area contributed by atoms with Crippen LogP contribution in [0.4, 0.5) is 17.1 Å². The summed E-state index contributed by atoms with van der Waals surface area (Å²) in [7, 11) is 0. The van der Waals surface area contributed by atoms with Crippen LogP contribution >= 0.6 is 11.3 Å². The third-order valence-electron chi connectivity index (χ3n) is 16.0. The minimum atomic E-state index is -0.108. The molecule has 10 aromatic carbocycles. The summed E-state index contributed by atoms with van der Waals surface area (Å²) in [4.78, 5) is 2.49. The summed E-state index contributed by atoms with van der Waals surface area (Å²) in [5.41, 5.74) is 22.3. The highest BCUT2D eigenvalue weighted by Crippen LogP contribution is 2.58. The van der Waals surface area contributed by atoms with E-state index in [-0.39, 0.29) is 10.8 Å². The molecule has 0 bridgehead atoms. The van der Waals surface area contributed by atoms with Crippen molar-refractivity contribution in [2.75, 3.05) is 4.90 Å². The van der Waals surface area contributed by atoms with Gasteiger partial charge in [-0.05, 0) is 138 Å². The minimum absolute atomic E-state index is 0.0762. The maximum Gasteiger partial charge on any atom is 0.0465 e. The maximum absolute atomic E-state index is 2.54. The molecular weight excluding hydrogens is 839 g/mol. The van der Waals surface area contributed by atoms with E-state index in [2.05, 4.69) is 231 Å². The standard InChI is InChI=1S/C66H49NS/c1-65(2)59-25-9-7-20-53(59)56-23-14-22-55(62(56)65)51-18-6-5-16-48(51)43-27-32-45(33-28-43)67(47-36-38-54-52-19-8-10-26-60(52)66(61(54)41-47)39-11-12-40-66)46-34-29-44(30-35-46)50-21-13-24-57-58-37-31-42-15-3-4-17-49(42)64(58)68-63(50)57/h3-10,13-38,41H,11-12,39-40H2,1-2H3. The Balaban J connectivity index is 0.890. The van der Waals surface area contributed by atoms with Crippen LogP contribution in [0.1, 0.15) is 61.8 Å². The lowest BCUT2D eigenvalue weighted by molar-refractivity contribution is 0.550. The molecular formula is C66H49NS. The van der Waals surface area contributed by atoms with Crippen molar-refractivity contribution in [3.63, 3.8) is 0 Å². The van der Waals surface area contributed by atoms with Gasteiger partial charge in [-0.15, -0.1) is 11.3 Å². The van der Waals surface area contributed by atoms with Crippen LogP contribution in [0.5, 0.6) is 0 Å². The Morgan fingerprint density at radius 2 is 0.882 bits per heavy atom. The lowest BCUT2D eigenvalue weighted by atomic mass is 9.76. The molecule has 0 unspecified atom stereocenters. The van der Waals surface area contributed by atoms with Crippen LogP contribution in [0.3, 0.4) is 0 Å². The molecule has 1 heterocycles. The molecule has 2 heteroatoms. The van der Waals surface area contributed by atoms with Gasteiger partial charge in [-0.2, -0.15) is 0 Å². The van der Waals surface area contributed by atoms with Gasteiger partial charge in [0, 0.05) is 48.1 Å². The zero-order chi connectivity index (χ0) is 45.1. The summed E-state index contributed by atoms with van der Waals surface area (Å²) in [5, 5.41) is 5.28. The summed E-state index contributed by atoms with van der Waals surface area (Å²) in [6, 6.07) is 80.2. The van der Waals surface area contributed by atoms with Crippen LogP contribution in [-0.2, 0) is 10.8 Å². The van der Waals surface area contributed by atoms with Crippen molar-refractivity contribution in [2.45, 2.75) is 50.4 Å². The highest BCUT2D eigenvalue weighted by Gasteiger charge is 2.45. The number of nitrogens with zero attached hydrogens (tertiary/aromatic N) is 1. The van der Waals surface area contributed by atoms with Crippen molar-refractivity contribution in [3.8, 4) is 55.6 Å². The molecule has 1 saturated carbocycles. The van der Waals surface area contributed by atoms with Gasteiger partial charge in [-0.3, -0.25) is 0 Å². The predicted octanol–water partition coefficient (Wildman–Crippen LogP) is 18.8. The normalized spacial score (nSPS) is 14.9. The van der Waals surface area contributed by atoms with E-state index in [4.69, 9.17) is 0 Å². The first-order chi connectivity index (χ1) is 33.5. The van der Waals surface area contributed by atoms with Crippen molar-refractivity contribution in [2.24, 2.45) is 0 Å². The van der Waals surface area contributed by atoms with E-state index in [1.54, 1.807) is 0 Å². The van der Waals surface area contributed by atoms with E-state index >= 15 is 0 Å². The third-order valence-corrected chi connectivity index (χ3v) is 17.3.